The zero-order valence-electron chi connectivity index (χ0n) is 12.8. The van der Waals surface area contributed by atoms with Crippen LogP contribution in [0, 0.1) is 5.92 Å². The fourth-order valence-electron chi connectivity index (χ4n) is 3.81. The van der Waals surface area contributed by atoms with Crippen molar-refractivity contribution in [2.24, 2.45) is 5.92 Å². The molecular weight excluding hydrogens is 290 g/mol. The molecule has 0 bridgehead atoms. The van der Waals surface area contributed by atoms with Crippen LogP contribution in [-0.2, 0) is 19.4 Å². The predicted molar refractivity (Wildman–Crippen MR) is 86.5 cm³/mol. The Morgan fingerprint density at radius 3 is 2.70 bits per heavy atom. The van der Waals surface area contributed by atoms with Crippen LogP contribution >= 0.6 is 0 Å². The van der Waals surface area contributed by atoms with Crippen molar-refractivity contribution in [3.63, 3.8) is 0 Å². The summed E-state index contributed by atoms with van der Waals surface area (Å²) in [6, 6.07) is 11.5. The molecule has 0 spiro atoms. The largest absolute Gasteiger partial charge is 0.504 e. The number of carbonyl (C=O) groups is 1. The lowest BCUT2D eigenvalue weighted by atomic mass is 9.83. The summed E-state index contributed by atoms with van der Waals surface area (Å²) >= 11 is 0. The number of amides is 1. The van der Waals surface area contributed by atoms with E-state index in [-0.39, 0.29) is 17.4 Å². The van der Waals surface area contributed by atoms with Gasteiger partial charge in [0.25, 0.3) is 5.91 Å². The van der Waals surface area contributed by atoms with Crippen molar-refractivity contribution in [2.75, 3.05) is 6.54 Å². The van der Waals surface area contributed by atoms with E-state index in [1.807, 2.05) is 0 Å². The average Bonchev–Trinajstić information content (AvgIpc) is 2.88. The summed E-state index contributed by atoms with van der Waals surface area (Å²) in [6.07, 6.45) is 3.13. The molecule has 118 valence electrons. The number of phenols is 2. The molecule has 0 fully saturated rings. The van der Waals surface area contributed by atoms with Gasteiger partial charge >= 0.3 is 0 Å². The second-order valence-electron chi connectivity index (χ2n) is 6.52. The lowest BCUT2D eigenvalue weighted by molar-refractivity contribution is 0.0746. The molecule has 4 nitrogen and oxygen atoms in total. The molecule has 1 aliphatic carbocycles. The van der Waals surface area contributed by atoms with E-state index in [4.69, 9.17) is 0 Å². The van der Waals surface area contributed by atoms with E-state index in [0.717, 1.165) is 19.3 Å². The highest BCUT2D eigenvalue weighted by Crippen LogP contribution is 2.37. The molecule has 2 N–H and O–H groups in total. The van der Waals surface area contributed by atoms with Gasteiger partial charge in [-0.05, 0) is 48.4 Å². The molecule has 1 amide bonds. The molecule has 0 unspecified atom stereocenters. The molecule has 0 radical (unpaired) electrons. The molecule has 0 saturated carbocycles. The summed E-state index contributed by atoms with van der Waals surface area (Å²) < 4.78 is 0. The predicted octanol–water partition coefficient (Wildman–Crippen LogP) is 2.86. The van der Waals surface area contributed by atoms with Gasteiger partial charge in [-0.3, -0.25) is 4.79 Å². The smallest absolute Gasteiger partial charge is 0.254 e. The van der Waals surface area contributed by atoms with E-state index in [1.54, 1.807) is 11.0 Å². The number of hydrogen-bond acceptors (Lipinski definition) is 3. The maximum Gasteiger partial charge on any atom is 0.254 e. The molecular formula is C19H19NO3. The second-order valence-corrected chi connectivity index (χ2v) is 6.52. The SMILES string of the molecule is O=C1c2ccc(O)c(O)c2CN1C[C@@H]1CCc2ccccc2C1. The maximum absolute atomic E-state index is 12.5. The fraction of sp³-hybridized carbons (Fsp3) is 0.316. The third-order valence-electron chi connectivity index (χ3n) is 5.06. The lowest BCUT2D eigenvalue weighted by Crippen LogP contribution is -2.32. The van der Waals surface area contributed by atoms with Crippen LogP contribution in [0.1, 0.15) is 33.5 Å². The minimum atomic E-state index is -0.162. The van der Waals surface area contributed by atoms with E-state index in [9.17, 15) is 15.0 Å². The van der Waals surface area contributed by atoms with Gasteiger partial charge in [-0.1, -0.05) is 24.3 Å². The van der Waals surface area contributed by atoms with Crippen molar-refractivity contribution < 1.29 is 15.0 Å². The van der Waals surface area contributed by atoms with Crippen LogP contribution in [0.5, 0.6) is 11.5 Å². The first-order chi connectivity index (χ1) is 11.1. The second kappa shape index (κ2) is 5.30. The van der Waals surface area contributed by atoms with Gasteiger partial charge in [0.15, 0.2) is 11.5 Å². The Balaban J connectivity index is 1.51. The van der Waals surface area contributed by atoms with Crippen LogP contribution in [0.2, 0.25) is 0 Å². The van der Waals surface area contributed by atoms with Gasteiger partial charge in [-0.15, -0.1) is 0 Å². The van der Waals surface area contributed by atoms with Crippen molar-refractivity contribution in [3.8, 4) is 11.5 Å². The number of phenolic OH excluding ortho intramolecular Hbond substituents is 2. The summed E-state index contributed by atoms with van der Waals surface area (Å²) in [7, 11) is 0. The van der Waals surface area contributed by atoms with Gasteiger partial charge in [-0.2, -0.15) is 0 Å². The van der Waals surface area contributed by atoms with Crippen LogP contribution in [0.4, 0.5) is 0 Å². The van der Waals surface area contributed by atoms with Gasteiger partial charge in [0, 0.05) is 17.7 Å². The molecule has 23 heavy (non-hydrogen) atoms. The summed E-state index contributed by atoms with van der Waals surface area (Å²) in [5.74, 6) is 0.0744. The standard InChI is InChI=1S/C19H19NO3/c21-17-8-7-15-16(18(17)22)11-20(19(15)23)10-12-5-6-13-3-1-2-4-14(13)9-12/h1-4,7-8,12,21-22H,5-6,9-11H2/t12-/m1/s1. The van der Waals surface area contributed by atoms with Crippen LogP contribution in [0.3, 0.4) is 0 Å². The van der Waals surface area contributed by atoms with Crippen LogP contribution in [-0.4, -0.2) is 27.6 Å². The van der Waals surface area contributed by atoms with Crippen LogP contribution in [0.25, 0.3) is 0 Å². The molecule has 1 aliphatic heterocycles. The molecule has 0 saturated heterocycles. The van der Waals surface area contributed by atoms with Crippen molar-refractivity contribution in [1.29, 1.82) is 0 Å². The first-order valence-corrected chi connectivity index (χ1v) is 8.03. The van der Waals surface area contributed by atoms with Crippen molar-refractivity contribution in [3.05, 3.63) is 58.7 Å². The topological polar surface area (TPSA) is 60.8 Å². The highest BCUT2D eigenvalue weighted by atomic mass is 16.3. The molecule has 0 aromatic heterocycles. The highest BCUT2D eigenvalue weighted by molar-refractivity contribution is 5.99. The van der Waals surface area contributed by atoms with E-state index < -0.39 is 0 Å². The number of carbonyl (C=O) groups excluding carboxylic acids is 1. The Kier molecular flexibility index (Phi) is 3.26. The molecule has 4 rings (SSSR count). The third-order valence-corrected chi connectivity index (χ3v) is 5.06. The van der Waals surface area contributed by atoms with Crippen molar-refractivity contribution in [2.45, 2.75) is 25.8 Å². The number of rotatable bonds is 2. The Hall–Kier alpha value is -2.49. The Morgan fingerprint density at radius 1 is 1.09 bits per heavy atom. The third kappa shape index (κ3) is 2.34. The Labute approximate surface area is 135 Å². The molecule has 1 heterocycles. The van der Waals surface area contributed by atoms with Crippen LogP contribution < -0.4 is 0 Å². The van der Waals surface area contributed by atoms with Gasteiger partial charge in [0.2, 0.25) is 0 Å². The van der Waals surface area contributed by atoms with Crippen molar-refractivity contribution in [1.82, 2.24) is 4.90 Å². The zero-order valence-corrected chi connectivity index (χ0v) is 12.8. The monoisotopic (exact) mass is 309 g/mol. The van der Waals surface area contributed by atoms with Crippen molar-refractivity contribution >= 4 is 5.91 Å². The van der Waals surface area contributed by atoms with E-state index in [1.165, 1.54) is 17.2 Å². The summed E-state index contributed by atoms with van der Waals surface area (Å²) in [5, 5.41) is 19.6. The van der Waals surface area contributed by atoms with E-state index in [2.05, 4.69) is 24.3 Å². The number of benzene rings is 2. The summed E-state index contributed by atoms with van der Waals surface area (Å²) in [5.41, 5.74) is 3.86. The minimum Gasteiger partial charge on any atom is -0.504 e. The number of aromatic hydroxyl groups is 2. The average molecular weight is 309 g/mol. The molecule has 1 atom stereocenters. The summed E-state index contributed by atoms with van der Waals surface area (Å²) in [4.78, 5) is 14.3. The van der Waals surface area contributed by atoms with Gasteiger partial charge in [0.1, 0.15) is 0 Å². The molecule has 4 heteroatoms. The Bertz CT molecular complexity index is 784. The van der Waals surface area contributed by atoms with Gasteiger partial charge in [0.05, 0.1) is 6.54 Å². The minimum absolute atomic E-state index is 0.0471. The maximum atomic E-state index is 12.5. The molecule has 2 aromatic rings. The zero-order chi connectivity index (χ0) is 16.0. The summed E-state index contributed by atoms with van der Waals surface area (Å²) in [6.45, 7) is 1.08. The van der Waals surface area contributed by atoms with Gasteiger partial charge in [-0.25, -0.2) is 0 Å². The molecule has 2 aliphatic rings. The van der Waals surface area contributed by atoms with E-state index >= 15 is 0 Å². The van der Waals surface area contributed by atoms with E-state index in [0.29, 0.717) is 30.1 Å². The van der Waals surface area contributed by atoms with Gasteiger partial charge < -0.3 is 15.1 Å². The first-order valence-electron chi connectivity index (χ1n) is 8.03. The quantitative estimate of drug-likeness (QED) is 0.839. The number of nitrogens with zero attached hydrogens (tertiary/aromatic N) is 1. The Morgan fingerprint density at radius 2 is 1.87 bits per heavy atom. The normalized spacial score (nSPS) is 19.6. The first kappa shape index (κ1) is 14.1. The lowest BCUT2D eigenvalue weighted by Gasteiger charge is -2.28. The van der Waals surface area contributed by atoms with Crippen LogP contribution in [0.15, 0.2) is 36.4 Å². The fourth-order valence-corrected chi connectivity index (χ4v) is 3.81. The number of hydrogen-bond donors (Lipinski definition) is 2. The highest BCUT2D eigenvalue weighted by Gasteiger charge is 2.32. The number of fused-ring (bicyclic) bond motifs is 2. The number of aryl methyl sites for hydroxylation is 1. The molecule has 2 aromatic carbocycles.